The molecule has 0 saturated carbocycles. The molecule has 5 heteroatoms. The average molecular weight is 467 g/mol. The van der Waals surface area contributed by atoms with Crippen molar-refractivity contribution in [2.45, 2.75) is 0 Å². The molecule has 4 rings (SSSR count). The van der Waals surface area contributed by atoms with Crippen molar-refractivity contribution >= 4 is 31.9 Å². The molecule has 0 radical (unpaired) electrons. The van der Waals surface area contributed by atoms with Crippen LogP contribution < -0.4 is 0 Å². The Morgan fingerprint density at radius 2 is 0.846 bits per heavy atom. The lowest BCUT2D eigenvalue weighted by Crippen LogP contribution is -2.00. The van der Waals surface area contributed by atoms with Gasteiger partial charge in [0.2, 0.25) is 0 Å². The van der Waals surface area contributed by atoms with Crippen LogP contribution in [0.2, 0.25) is 0 Å². The fourth-order valence-corrected chi connectivity index (χ4v) is 3.91. The summed E-state index contributed by atoms with van der Waals surface area (Å²) in [7, 11) is 0. The summed E-state index contributed by atoms with van der Waals surface area (Å²) in [6.07, 6.45) is 0. The van der Waals surface area contributed by atoms with E-state index in [0.717, 1.165) is 25.6 Å². The number of rotatable bonds is 3. The molecule has 0 aliphatic heterocycles. The molecule has 3 nitrogen and oxygen atoms in total. The van der Waals surface area contributed by atoms with E-state index in [0.29, 0.717) is 17.5 Å². The summed E-state index contributed by atoms with van der Waals surface area (Å²) in [6, 6.07) is 25.9. The van der Waals surface area contributed by atoms with Crippen molar-refractivity contribution in [3.63, 3.8) is 0 Å². The zero-order valence-electron chi connectivity index (χ0n) is 13.6. The van der Waals surface area contributed by atoms with Crippen LogP contribution in [0, 0.1) is 0 Å². The third kappa shape index (κ3) is 3.74. The van der Waals surface area contributed by atoms with Gasteiger partial charge in [-0.25, -0.2) is 15.0 Å². The van der Waals surface area contributed by atoms with E-state index < -0.39 is 0 Å². The summed E-state index contributed by atoms with van der Waals surface area (Å²) < 4.78 is 1.93. The Balaban J connectivity index is 1.93. The molecule has 0 atom stereocenters. The maximum Gasteiger partial charge on any atom is 0.164 e. The van der Waals surface area contributed by atoms with E-state index in [9.17, 15) is 0 Å². The van der Waals surface area contributed by atoms with E-state index in [1.54, 1.807) is 0 Å². The molecule has 0 aliphatic rings. The van der Waals surface area contributed by atoms with Crippen LogP contribution >= 0.6 is 31.9 Å². The van der Waals surface area contributed by atoms with E-state index in [-0.39, 0.29) is 0 Å². The summed E-state index contributed by atoms with van der Waals surface area (Å²) in [5.74, 6) is 1.95. The van der Waals surface area contributed by atoms with Gasteiger partial charge in [0.1, 0.15) is 0 Å². The highest BCUT2D eigenvalue weighted by Crippen LogP contribution is 2.28. The van der Waals surface area contributed by atoms with Crippen molar-refractivity contribution in [1.29, 1.82) is 0 Å². The Labute approximate surface area is 168 Å². The van der Waals surface area contributed by atoms with Gasteiger partial charge >= 0.3 is 0 Å². The number of aromatic nitrogens is 3. The summed E-state index contributed by atoms with van der Waals surface area (Å²) in [5.41, 5.74) is 2.84. The Hall–Kier alpha value is -2.37. The minimum absolute atomic E-state index is 0.639. The maximum atomic E-state index is 4.72. The molecule has 0 fully saturated rings. The predicted octanol–water partition coefficient (Wildman–Crippen LogP) is 6.40. The van der Waals surface area contributed by atoms with Crippen molar-refractivity contribution in [3.8, 4) is 34.2 Å². The molecular weight excluding hydrogens is 454 g/mol. The van der Waals surface area contributed by atoms with Gasteiger partial charge in [0, 0.05) is 25.6 Å². The summed E-state index contributed by atoms with van der Waals surface area (Å²) in [5, 5.41) is 0. The van der Waals surface area contributed by atoms with Gasteiger partial charge in [0.15, 0.2) is 17.5 Å². The van der Waals surface area contributed by atoms with E-state index in [4.69, 9.17) is 15.0 Å². The van der Waals surface area contributed by atoms with Gasteiger partial charge in [0.25, 0.3) is 0 Å². The van der Waals surface area contributed by atoms with Crippen LogP contribution in [0.4, 0.5) is 0 Å². The molecule has 0 N–H and O–H groups in total. The number of nitrogens with zero attached hydrogens (tertiary/aromatic N) is 3. The second kappa shape index (κ2) is 7.48. The topological polar surface area (TPSA) is 38.7 Å². The second-order valence-electron chi connectivity index (χ2n) is 5.70. The Kier molecular flexibility index (Phi) is 4.91. The molecule has 0 amide bonds. The molecule has 0 unspecified atom stereocenters. The third-order valence-electron chi connectivity index (χ3n) is 3.82. The fourth-order valence-electron chi connectivity index (χ4n) is 2.62. The van der Waals surface area contributed by atoms with Crippen molar-refractivity contribution in [3.05, 3.63) is 87.8 Å². The molecule has 1 aromatic heterocycles. The van der Waals surface area contributed by atoms with Gasteiger partial charge in [0.05, 0.1) is 0 Å². The van der Waals surface area contributed by atoms with Crippen molar-refractivity contribution in [2.24, 2.45) is 0 Å². The lowest BCUT2D eigenvalue weighted by atomic mass is 10.1. The van der Waals surface area contributed by atoms with Crippen LogP contribution in [0.5, 0.6) is 0 Å². The Bertz CT molecular complexity index is 973. The van der Waals surface area contributed by atoms with Crippen LogP contribution in [0.3, 0.4) is 0 Å². The zero-order chi connectivity index (χ0) is 17.9. The van der Waals surface area contributed by atoms with Gasteiger partial charge < -0.3 is 0 Å². The van der Waals surface area contributed by atoms with Gasteiger partial charge in [-0.05, 0) is 18.2 Å². The molecule has 1 heterocycles. The first-order valence-electron chi connectivity index (χ1n) is 8.02. The molecular formula is C21H13Br2N3. The zero-order valence-corrected chi connectivity index (χ0v) is 16.8. The van der Waals surface area contributed by atoms with Gasteiger partial charge in [-0.3, -0.25) is 0 Å². The van der Waals surface area contributed by atoms with Crippen molar-refractivity contribution in [2.75, 3.05) is 0 Å². The van der Waals surface area contributed by atoms with Crippen molar-refractivity contribution < 1.29 is 0 Å². The molecule has 126 valence electrons. The molecule has 26 heavy (non-hydrogen) atoms. The van der Waals surface area contributed by atoms with Crippen LogP contribution in [0.15, 0.2) is 87.8 Å². The number of benzene rings is 3. The van der Waals surface area contributed by atoms with Crippen LogP contribution in [-0.2, 0) is 0 Å². The van der Waals surface area contributed by atoms with Crippen LogP contribution in [-0.4, -0.2) is 15.0 Å². The fraction of sp³-hybridized carbons (Fsp3) is 0. The minimum Gasteiger partial charge on any atom is -0.208 e. The first-order valence-corrected chi connectivity index (χ1v) is 9.61. The Morgan fingerprint density at radius 1 is 0.462 bits per heavy atom. The highest BCUT2D eigenvalue weighted by molar-refractivity contribution is 9.11. The van der Waals surface area contributed by atoms with Crippen LogP contribution in [0.25, 0.3) is 34.2 Å². The second-order valence-corrected chi connectivity index (χ2v) is 7.53. The predicted molar refractivity (Wildman–Crippen MR) is 112 cm³/mol. The summed E-state index contributed by atoms with van der Waals surface area (Å²) in [4.78, 5) is 14.1. The number of halogens is 2. The minimum atomic E-state index is 0.639. The molecule has 0 saturated heterocycles. The third-order valence-corrected chi connectivity index (χ3v) is 4.74. The molecule has 0 spiro atoms. The molecule has 4 aromatic rings. The lowest BCUT2D eigenvalue weighted by Gasteiger charge is -2.09. The largest absolute Gasteiger partial charge is 0.208 e. The summed E-state index contributed by atoms with van der Waals surface area (Å²) in [6.45, 7) is 0. The first-order chi connectivity index (χ1) is 12.7. The normalized spacial score (nSPS) is 10.7. The standard InChI is InChI=1S/C21H13Br2N3/c22-17-11-16(12-18(23)13-17)21-25-19(14-7-3-1-4-8-14)24-20(26-21)15-9-5-2-6-10-15/h1-13H. The number of hydrogen-bond donors (Lipinski definition) is 0. The Morgan fingerprint density at radius 3 is 1.27 bits per heavy atom. The highest BCUT2D eigenvalue weighted by Gasteiger charge is 2.12. The molecule has 0 aliphatic carbocycles. The van der Waals surface area contributed by atoms with Crippen LogP contribution in [0.1, 0.15) is 0 Å². The van der Waals surface area contributed by atoms with Crippen molar-refractivity contribution in [1.82, 2.24) is 15.0 Å². The smallest absolute Gasteiger partial charge is 0.164 e. The maximum absolute atomic E-state index is 4.72. The van der Waals surface area contributed by atoms with Gasteiger partial charge in [-0.2, -0.15) is 0 Å². The van der Waals surface area contributed by atoms with Gasteiger partial charge in [-0.1, -0.05) is 92.5 Å². The SMILES string of the molecule is Brc1cc(Br)cc(-c2nc(-c3ccccc3)nc(-c3ccccc3)n2)c1. The number of hydrogen-bond acceptors (Lipinski definition) is 3. The van der Waals surface area contributed by atoms with E-state index in [2.05, 4.69) is 31.9 Å². The average Bonchev–Trinajstić information content (AvgIpc) is 2.68. The first kappa shape index (κ1) is 17.1. The monoisotopic (exact) mass is 465 g/mol. The molecule has 0 bridgehead atoms. The van der Waals surface area contributed by atoms with Gasteiger partial charge in [-0.15, -0.1) is 0 Å². The summed E-state index contributed by atoms with van der Waals surface area (Å²) >= 11 is 7.07. The van der Waals surface area contributed by atoms with E-state index >= 15 is 0 Å². The quantitative estimate of drug-likeness (QED) is 0.350. The lowest BCUT2D eigenvalue weighted by molar-refractivity contribution is 1.07. The molecule has 3 aromatic carbocycles. The van der Waals surface area contributed by atoms with E-state index in [1.807, 2.05) is 78.9 Å². The van der Waals surface area contributed by atoms with E-state index in [1.165, 1.54) is 0 Å². The highest BCUT2D eigenvalue weighted by atomic mass is 79.9.